The van der Waals surface area contributed by atoms with E-state index in [1.54, 1.807) is 62.9 Å². The number of methoxy groups -OCH3 is 2. The Morgan fingerprint density at radius 2 is 1.20 bits per heavy atom. The van der Waals surface area contributed by atoms with Crippen LogP contribution in [-0.4, -0.2) is 102 Å². The van der Waals surface area contributed by atoms with Crippen molar-refractivity contribution in [3.05, 3.63) is 136 Å². The molecule has 0 aliphatic rings. The molecule has 1 N–H and O–H groups in total. The zero-order valence-electron chi connectivity index (χ0n) is 34.1. The lowest BCUT2D eigenvalue weighted by atomic mass is 10.2. The van der Waals surface area contributed by atoms with Gasteiger partial charge in [0.1, 0.15) is 29.3 Å². The Balaban J connectivity index is 0.000000205. The highest BCUT2D eigenvalue weighted by Gasteiger charge is 2.23. The smallest absolute Gasteiger partial charge is 0.358 e. The summed E-state index contributed by atoms with van der Waals surface area (Å²) in [6.07, 6.45) is 8.21. The molecular weight excluding hydrogens is 791 g/mol. The Morgan fingerprint density at radius 3 is 1.77 bits per heavy atom. The maximum absolute atomic E-state index is 12.8. The number of nitrogens with one attached hydrogen (secondary N) is 1. The SMILES string of the molecule is CCOC(=O)c1cc(C(=O)OCC)n(CC(=O)c2cnn(Cc3ccc(OC)cc3)c2)n1.CCOC(=O)c1cc2c(=O)[nH]c(-c3cnn(Cc4ccc(OC)cc4)c3)cn2n1. The molecule has 5 aromatic heterocycles. The molecule has 7 aromatic rings. The van der Waals surface area contributed by atoms with Gasteiger partial charge < -0.3 is 28.7 Å². The van der Waals surface area contributed by atoms with Gasteiger partial charge in [0.2, 0.25) is 0 Å². The predicted molar refractivity (Wildman–Crippen MR) is 218 cm³/mol. The van der Waals surface area contributed by atoms with Gasteiger partial charge in [-0.2, -0.15) is 20.4 Å². The molecule has 7 rings (SSSR count). The first-order valence-electron chi connectivity index (χ1n) is 19.1. The van der Waals surface area contributed by atoms with Crippen LogP contribution in [0.25, 0.3) is 16.8 Å². The highest BCUT2D eigenvalue weighted by atomic mass is 16.5. The topological polar surface area (TPSA) is 218 Å². The number of esters is 3. The highest BCUT2D eigenvalue weighted by Crippen LogP contribution is 2.18. The van der Waals surface area contributed by atoms with Crippen LogP contribution >= 0.6 is 0 Å². The maximum Gasteiger partial charge on any atom is 0.358 e. The van der Waals surface area contributed by atoms with Gasteiger partial charge in [-0.05, 0) is 56.2 Å². The van der Waals surface area contributed by atoms with Crippen molar-refractivity contribution >= 4 is 29.2 Å². The summed E-state index contributed by atoms with van der Waals surface area (Å²) in [5.74, 6) is -0.708. The number of ether oxygens (including phenoxy) is 5. The van der Waals surface area contributed by atoms with E-state index in [1.807, 2.05) is 54.7 Å². The van der Waals surface area contributed by atoms with E-state index < -0.39 is 17.9 Å². The molecule has 0 spiro atoms. The molecule has 19 heteroatoms. The lowest BCUT2D eigenvalue weighted by molar-refractivity contribution is 0.0504. The Labute approximate surface area is 348 Å². The van der Waals surface area contributed by atoms with Crippen molar-refractivity contribution in [3.63, 3.8) is 0 Å². The number of nitrogens with zero attached hydrogens (tertiary/aromatic N) is 8. The lowest BCUT2D eigenvalue weighted by Gasteiger charge is -2.05. The normalized spacial score (nSPS) is 10.8. The summed E-state index contributed by atoms with van der Waals surface area (Å²) in [5.41, 5.74) is 3.60. The third-order valence-corrected chi connectivity index (χ3v) is 8.90. The Bertz CT molecular complexity index is 2690. The van der Waals surface area contributed by atoms with Crippen LogP contribution < -0.4 is 15.0 Å². The molecule has 19 nitrogen and oxygen atoms in total. The maximum atomic E-state index is 12.8. The van der Waals surface area contributed by atoms with Crippen molar-refractivity contribution in [1.82, 2.24) is 43.9 Å². The predicted octanol–water partition coefficient (Wildman–Crippen LogP) is 4.49. The number of hydrogen-bond acceptors (Lipinski definition) is 14. The van der Waals surface area contributed by atoms with E-state index >= 15 is 0 Å². The van der Waals surface area contributed by atoms with Crippen molar-refractivity contribution in [2.24, 2.45) is 0 Å². The number of H-pyrrole nitrogens is 1. The number of benzene rings is 2. The molecule has 0 atom stereocenters. The zero-order valence-corrected chi connectivity index (χ0v) is 34.1. The number of carbonyl (C=O) groups is 4. The van der Waals surface area contributed by atoms with Crippen molar-refractivity contribution in [2.45, 2.75) is 40.4 Å². The van der Waals surface area contributed by atoms with Crippen LogP contribution in [0.3, 0.4) is 0 Å². The van der Waals surface area contributed by atoms with Crippen molar-refractivity contribution in [3.8, 4) is 22.8 Å². The molecule has 2 aromatic carbocycles. The van der Waals surface area contributed by atoms with Gasteiger partial charge in [0, 0.05) is 30.1 Å². The van der Waals surface area contributed by atoms with Crippen LogP contribution in [0.2, 0.25) is 0 Å². The molecule has 0 radical (unpaired) electrons. The summed E-state index contributed by atoms with van der Waals surface area (Å²) in [5, 5.41) is 16.8. The van der Waals surface area contributed by atoms with Gasteiger partial charge >= 0.3 is 17.9 Å². The Hall–Kier alpha value is -7.83. The summed E-state index contributed by atoms with van der Waals surface area (Å²) in [7, 11) is 3.23. The minimum absolute atomic E-state index is 0.00567. The van der Waals surface area contributed by atoms with Gasteiger partial charge in [-0.25, -0.2) is 23.6 Å². The molecule has 0 saturated carbocycles. The largest absolute Gasteiger partial charge is 0.497 e. The van der Waals surface area contributed by atoms with Gasteiger partial charge in [0.05, 0.1) is 77.0 Å². The van der Waals surface area contributed by atoms with E-state index in [1.165, 1.54) is 22.8 Å². The van der Waals surface area contributed by atoms with Crippen LogP contribution in [0.15, 0.2) is 96.4 Å². The average molecular weight is 834 g/mol. The second-order valence-electron chi connectivity index (χ2n) is 13.1. The second kappa shape index (κ2) is 19.7. The quantitative estimate of drug-likeness (QED) is 0.0806. The molecule has 0 aliphatic carbocycles. The molecule has 316 valence electrons. The monoisotopic (exact) mass is 833 g/mol. The molecular formula is C42H43N9O10. The number of ketones is 1. The first-order valence-corrected chi connectivity index (χ1v) is 19.1. The third-order valence-electron chi connectivity index (χ3n) is 8.90. The number of carbonyl (C=O) groups excluding carboxylic acids is 4. The van der Waals surface area contributed by atoms with Gasteiger partial charge in [0.25, 0.3) is 5.56 Å². The lowest BCUT2D eigenvalue weighted by Crippen LogP contribution is -2.18. The molecule has 0 bridgehead atoms. The van der Waals surface area contributed by atoms with Crippen LogP contribution in [0.1, 0.15) is 73.7 Å². The summed E-state index contributed by atoms with van der Waals surface area (Å²) in [4.78, 5) is 64.2. The van der Waals surface area contributed by atoms with Gasteiger partial charge in [-0.1, -0.05) is 24.3 Å². The molecule has 0 fully saturated rings. The number of rotatable bonds is 16. The van der Waals surface area contributed by atoms with Crippen molar-refractivity contribution < 1.29 is 42.9 Å². The van der Waals surface area contributed by atoms with E-state index in [9.17, 15) is 24.0 Å². The third kappa shape index (κ3) is 10.6. The summed E-state index contributed by atoms with van der Waals surface area (Å²) >= 11 is 0. The highest BCUT2D eigenvalue weighted by molar-refractivity contribution is 5.97. The number of aromatic nitrogens is 9. The van der Waals surface area contributed by atoms with Crippen molar-refractivity contribution in [1.29, 1.82) is 0 Å². The van der Waals surface area contributed by atoms with Crippen LogP contribution in [-0.2, 0) is 33.8 Å². The zero-order chi connectivity index (χ0) is 43.5. The Morgan fingerprint density at radius 1 is 0.656 bits per heavy atom. The van der Waals surface area contributed by atoms with Gasteiger partial charge in [-0.15, -0.1) is 0 Å². The van der Waals surface area contributed by atoms with Crippen LogP contribution in [0, 0.1) is 0 Å². The number of aromatic amines is 1. The number of hydrogen-bond donors (Lipinski definition) is 1. The standard InChI is InChI=1S/C22H24N4O6.C20H19N5O4/c1-4-31-21(28)18-10-19(22(29)32-5-2)26(24-18)14-20(27)16-11-23-25(13-16)12-15-6-8-17(30-3)9-7-15;1-3-29-20(27)16-8-18-19(26)22-17(12-25(18)23-16)14-9-21-24(11-14)10-13-4-6-15(28-2)7-5-13/h6-11,13H,4-5,12,14H2,1-3H3;4-9,11-12H,3,10H2,1-2H3,(H,22,26). The van der Waals surface area contributed by atoms with E-state index in [0.29, 0.717) is 24.3 Å². The minimum atomic E-state index is -0.684. The fourth-order valence-corrected chi connectivity index (χ4v) is 5.91. The summed E-state index contributed by atoms with van der Waals surface area (Å²) in [6, 6.07) is 17.9. The minimum Gasteiger partial charge on any atom is -0.497 e. The first-order chi connectivity index (χ1) is 29.5. The summed E-state index contributed by atoms with van der Waals surface area (Å²) in [6.45, 7) is 6.36. The van der Waals surface area contributed by atoms with Crippen LogP contribution in [0.4, 0.5) is 0 Å². The molecule has 0 saturated heterocycles. The van der Waals surface area contributed by atoms with E-state index in [0.717, 1.165) is 32.9 Å². The van der Waals surface area contributed by atoms with Crippen LogP contribution in [0.5, 0.6) is 11.5 Å². The van der Waals surface area contributed by atoms with E-state index in [2.05, 4.69) is 25.4 Å². The molecule has 5 heterocycles. The molecule has 61 heavy (non-hydrogen) atoms. The second-order valence-corrected chi connectivity index (χ2v) is 13.1. The Kier molecular flexibility index (Phi) is 13.8. The van der Waals surface area contributed by atoms with Gasteiger partial charge in [0.15, 0.2) is 17.2 Å². The molecule has 0 unspecified atom stereocenters. The number of Topliss-reactive ketones (excluding diaryl/α,β-unsaturated/α-hetero) is 1. The van der Waals surface area contributed by atoms with E-state index in [-0.39, 0.29) is 60.3 Å². The summed E-state index contributed by atoms with van der Waals surface area (Å²) < 4.78 is 31.1. The van der Waals surface area contributed by atoms with Crippen molar-refractivity contribution in [2.75, 3.05) is 34.0 Å². The molecule has 0 amide bonds. The van der Waals surface area contributed by atoms with Gasteiger partial charge in [-0.3, -0.25) is 19.0 Å². The fourth-order valence-electron chi connectivity index (χ4n) is 5.91. The molecule has 0 aliphatic heterocycles. The average Bonchev–Trinajstić information content (AvgIpc) is 4.09. The first kappa shape index (κ1) is 42.8. The van der Waals surface area contributed by atoms with E-state index in [4.69, 9.17) is 23.7 Å². The number of fused-ring (bicyclic) bond motifs is 1. The fraction of sp³-hybridized carbons (Fsp3) is 0.262.